The molecule has 0 saturated carbocycles. The molecule has 0 spiro atoms. The van der Waals surface area contributed by atoms with Crippen molar-refractivity contribution in [2.24, 2.45) is 0 Å². The van der Waals surface area contributed by atoms with Gasteiger partial charge in [-0.3, -0.25) is 5.32 Å². The number of amides is 2. The highest BCUT2D eigenvalue weighted by atomic mass is 32.2. The number of aryl methyl sites for hydroxylation is 1. The van der Waals surface area contributed by atoms with Crippen LogP contribution in [0.4, 0.5) is 9.93 Å². The predicted octanol–water partition coefficient (Wildman–Crippen LogP) is 3.06. The molecule has 1 aliphatic rings. The van der Waals surface area contributed by atoms with Gasteiger partial charge in [0.2, 0.25) is 0 Å². The van der Waals surface area contributed by atoms with Gasteiger partial charge in [0.15, 0.2) is 5.13 Å². The van der Waals surface area contributed by atoms with Gasteiger partial charge in [0.05, 0.1) is 0 Å². The molecule has 1 fully saturated rings. The first kappa shape index (κ1) is 13.7. The topological polar surface area (TPSA) is 45.2 Å². The van der Waals surface area contributed by atoms with Gasteiger partial charge in [0.1, 0.15) is 0 Å². The van der Waals surface area contributed by atoms with E-state index in [2.05, 4.69) is 31.1 Å². The number of thioether (sulfide) groups is 1. The Hall–Kier alpha value is -0.750. The standard InChI is InChI=1S/C12H19N3OS2/c1-4-10-7-13-11(18-10)14-12(16)15-5-6-17-9(3)8(15)2/h7-9H,4-6H2,1-3H3,(H,13,14,16). The number of hydrogen-bond donors (Lipinski definition) is 1. The molecule has 2 unspecified atom stereocenters. The van der Waals surface area contributed by atoms with E-state index in [1.165, 1.54) is 4.88 Å². The zero-order valence-corrected chi connectivity index (χ0v) is 12.6. The van der Waals surface area contributed by atoms with E-state index < -0.39 is 0 Å². The second-order valence-electron chi connectivity index (χ2n) is 4.43. The van der Waals surface area contributed by atoms with Gasteiger partial charge in [-0.25, -0.2) is 9.78 Å². The highest BCUT2D eigenvalue weighted by Crippen LogP contribution is 2.25. The van der Waals surface area contributed by atoms with Crippen LogP contribution in [0.3, 0.4) is 0 Å². The molecule has 100 valence electrons. The summed E-state index contributed by atoms with van der Waals surface area (Å²) in [6.45, 7) is 7.18. The van der Waals surface area contributed by atoms with E-state index in [1.54, 1.807) is 11.3 Å². The zero-order chi connectivity index (χ0) is 13.1. The molecule has 2 amide bonds. The van der Waals surface area contributed by atoms with Crippen LogP contribution in [0.1, 0.15) is 25.6 Å². The van der Waals surface area contributed by atoms with E-state index in [0.717, 1.165) is 18.7 Å². The van der Waals surface area contributed by atoms with Gasteiger partial charge >= 0.3 is 6.03 Å². The second kappa shape index (κ2) is 5.93. The number of hydrogen-bond acceptors (Lipinski definition) is 4. The number of rotatable bonds is 2. The fourth-order valence-electron chi connectivity index (χ4n) is 1.91. The smallest absolute Gasteiger partial charge is 0.320 e. The minimum Gasteiger partial charge on any atom is -0.320 e. The van der Waals surface area contributed by atoms with Crippen LogP contribution in [-0.2, 0) is 6.42 Å². The Morgan fingerprint density at radius 1 is 1.61 bits per heavy atom. The number of carbonyl (C=O) groups is 1. The van der Waals surface area contributed by atoms with Crippen LogP contribution in [0.15, 0.2) is 6.20 Å². The maximum absolute atomic E-state index is 12.2. The Balaban J connectivity index is 1.98. The zero-order valence-electron chi connectivity index (χ0n) is 11.0. The average Bonchev–Trinajstić information content (AvgIpc) is 2.80. The van der Waals surface area contributed by atoms with E-state index in [-0.39, 0.29) is 12.1 Å². The van der Waals surface area contributed by atoms with Crippen molar-refractivity contribution in [1.82, 2.24) is 9.88 Å². The molecule has 2 atom stereocenters. The molecule has 0 bridgehead atoms. The summed E-state index contributed by atoms with van der Waals surface area (Å²) in [6.07, 6.45) is 2.79. The number of thiazole rings is 1. The lowest BCUT2D eigenvalue weighted by molar-refractivity contribution is 0.194. The van der Waals surface area contributed by atoms with E-state index >= 15 is 0 Å². The number of carbonyl (C=O) groups excluding carboxylic acids is 1. The Kier molecular flexibility index (Phi) is 4.50. The number of nitrogens with one attached hydrogen (secondary N) is 1. The molecule has 1 aliphatic heterocycles. The average molecular weight is 285 g/mol. The van der Waals surface area contributed by atoms with Gasteiger partial charge in [0.25, 0.3) is 0 Å². The molecule has 18 heavy (non-hydrogen) atoms. The van der Waals surface area contributed by atoms with Gasteiger partial charge in [-0.2, -0.15) is 11.8 Å². The van der Waals surface area contributed by atoms with Crippen molar-refractivity contribution in [3.8, 4) is 0 Å². The van der Waals surface area contributed by atoms with Crippen LogP contribution >= 0.6 is 23.1 Å². The van der Waals surface area contributed by atoms with Gasteiger partial charge in [-0.15, -0.1) is 11.3 Å². The summed E-state index contributed by atoms with van der Waals surface area (Å²) in [5, 5.41) is 4.10. The third-order valence-electron chi connectivity index (χ3n) is 3.26. The highest BCUT2D eigenvalue weighted by Gasteiger charge is 2.29. The summed E-state index contributed by atoms with van der Waals surface area (Å²) in [6, 6.07) is 0.251. The quantitative estimate of drug-likeness (QED) is 0.908. The third kappa shape index (κ3) is 2.98. The highest BCUT2D eigenvalue weighted by molar-refractivity contribution is 8.00. The normalized spacial score (nSPS) is 24.1. The molecule has 2 heterocycles. The lowest BCUT2D eigenvalue weighted by Crippen LogP contribution is -2.49. The minimum atomic E-state index is -0.0216. The van der Waals surface area contributed by atoms with Crippen LogP contribution in [0.5, 0.6) is 0 Å². The van der Waals surface area contributed by atoms with E-state index in [0.29, 0.717) is 10.4 Å². The summed E-state index contributed by atoms with van der Waals surface area (Å²) in [7, 11) is 0. The lowest BCUT2D eigenvalue weighted by atomic mass is 10.2. The summed E-state index contributed by atoms with van der Waals surface area (Å²) >= 11 is 3.48. The first-order valence-electron chi connectivity index (χ1n) is 6.25. The van der Waals surface area contributed by atoms with Gasteiger partial charge < -0.3 is 4.90 Å². The number of urea groups is 1. The Morgan fingerprint density at radius 2 is 2.39 bits per heavy atom. The summed E-state index contributed by atoms with van der Waals surface area (Å²) < 4.78 is 0. The molecule has 1 N–H and O–H groups in total. The monoisotopic (exact) mass is 285 g/mol. The first-order valence-corrected chi connectivity index (χ1v) is 8.12. The van der Waals surface area contributed by atoms with Crippen molar-refractivity contribution >= 4 is 34.3 Å². The third-order valence-corrected chi connectivity index (χ3v) is 5.66. The lowest BCUT2D eigenvalue weighted by Gasteiger charge is -2.37. The van der Waals surface area contributed by atoms with Crippen LogP contribution in [0, 0.1) is 0 Å². The largest absolute Gasteiger partial charge is 0.323 e. The SMILES string of the molecule is CCc1cnc(NC(=O)N2CCSC(C)C2C)s1. The molecule has 4 nitrogen and oxygen atoms in total. The second-order valence-corrected chi connectivity index (χ2v) is 7.03. The first-order chi connectivity index (χ1) is 8.61. The number of aromatic nitrogens is 1. The van der Waals surface area contributed by atoms with Crippen LogP contribution < -0.4 is 5.32 Å². The summed E-state index contributed by atoms with van der Waals surface area (Å²) in [4.78, 5) is 19.5. The van der Waals surface area contributed by atoms with Crippen molar-refractivity contribution in [1.29, 1.82) is 0 Å². The van der Waals surface area contributed by atoms with Crippen molar-refractivity contribution in [2.45, 2.75) is 38.5 Å². The molecule has 1 saturated heterocycles. The molecular formula is C12H19N3OS2. The van der Waals surface area contributed by atoms with Gasteiger partial charge in [-0.1, -0.05) is 13.8 Å². The van der Waals surface area contributed by atoms with Gasteiger partial charge in [-0.05, 0) is 13.3 Å². The summed E-state index contributed by atoms with van der Waals surface area (Å²) in [5.74, 6) is 1.01. The molecule has 0 radical (unpaired) electrons. The van der Waals surface area contributed by atoms with Crippen molar-refractivity contribution in [3.63, 3.8) is 0 Å². The minimum absolute atomic E-state index is 0.0216. The molecular weight excluding hydrogens is 266 g/mol. The van der Waals surface area contributed by atoms with Crippen LogP contribution in [0.2, 0.25) is 0 Å². The Labute approximate surface area is 116 Å². The van der Waals surface area contributed by atoms with E-state index in [4.69, 9.17) is 0 Å². The molecule has 0 aliphatic carbocycles. The molecule has 1 aromatic rings. The van der Waals surface area contributed by atoms with Crippen molar-refractivity contribution in [3.05, 3.63) is 11.1 Å². The number of nitrogens with zero attached hydrogens (tertiary/aromatic N) is 2. The van der Waals surface area contributed by atoms with Gasteiger partial charge in [0, 0.05) is 34.7 Å². The maximum atomic E-state index is 12.2. The summed E-state index contributed by atoms with van der Waals surface area (Å²) in [5.41, 5.74) is 0. The molecule has 0 aromatic carbocycles. The Bertz CT molecular complexity index is 421. The molecule has 2 rings (SSSR count). The van der Waals surface area contributed by atoms with Crippen LogP contribution in [-0.4, -0.2) is 39.5 Å². The predicted molar refractivity (Wildman–Crippen MR) is 78.6 cm³/mol. The van der Waals surface area contributed by atoms with Crippen LogP contribution in [0.25, 0.3) is 0 Å². The molecule has 1 aromatic heterocycles. The van der Waals surface area contributed by atoms with E-state index in [9.17, 15) is 4.79 Å². The Morgan fingerprint density at radius 3 is 3.06 bits per heavy atom. The maximum Gasteiger partial charge on any atom is 0.323 e. The van der Waals surface area contributed by atoms with E-state index in [1.807, 2.05) is 22.9 Å². The van der Waals surface area contributed by atoms with Crippen molar-refractivity contribution < 1.29 is 4.79 Å². The number of anilines is 1. The fraction of sp³-hybridized carbons (Fsp3) is 0.667. The van der Waals surface area contributed by atoms with Crippen molar-refractivity contribution in [2.75, 3.05) is 17.6 Å². The molecule has 6 heteroatoms. The fourth-order valence-corrected chi connectivity index (χ4v) is 3.75.